The third-order valence-corrected chi connectivity index (χ3v) is 3.37. The molecule has 1 unspecified atom stereocenters. The van der Waals surface area contributed by atoms with Gasteiger partial charge in [-0.2, -0.15) is 0 Å². The lowest BCUT2D eigenvalue weighted by atomic mass is 10.2. The SMILES string of the molecule is Cl.NCC1CN(CC(=O)Nc2ccc(F)cc2Cl)CCO1. The molecule has 118 valence electrons. The number of nitrogens with zero attached hydrogens (tertiary/aromatic N) is 1. The number of rotatable bonds is 4. The lowest BCUT2D eigenvalue weighted by Gasteiger charge is -2.31. The molecular weight excluding hydrogens is 320 g/mol. The third kappa shape index (κ3) is 5.41. The fourth-order valence-electron chi connectivity index (χ4n) is 2.05. The van der Waals surface area contributed by atoms with E-state index in [0.29, 0.717) is 31.9 Å². The zero-order valence-electron chi connectivity index (χ0n) is 11.4. The molecule has 1 aliphatic heterocycles. The fraction of sp³-hybridized carbons (Fsp3) is 0.462. The van der Waals surface area contributed by atoms with Crippen molar-refractivity contribution >= 4 is 35.6 Å². The Labute approximate surface area is 134 Å². The molecule has 1 aliphatic rings. The summed E-state index contributed by atoms with van der Waals surface area (Å²) in [7, 11) is 0. The van der Waals surface area contributed by atoms with Crippen molar-refractivity contribution in [2.45, 2.75) is 6.10 Å². The van der Waals surface area contributed by atoms with Gasteiger partial charge in [0.1, 0.15) is 5.82 Å². The average molecular weight is 338 g/mol. The molecule has 3 N–H and O–H groups in total. The third-order valence-electron chi connectivity index (χ3n) is 3.06. The van der Waals surface area contributed by atoms with Crippen LogP contribution in [-0.2, 0) is 9.53 Å². The van der Waals surface area contributed by atoms with Gasteiger partial charge in [-0.15, -0.1) is 12.4 Å². The number of hydrogen-bond donors (Lipinski definition) is 2. The van der Waals surface area contributed by atoms with Crippen LogP contribution in [0.1, 0.15) is 0 Å². The monoisotopic (exact) mass is 337 g/mol. The van der Waals surface area contributed by atoms with Gasteiger partial charge in [0.2, 0.25) is 5.91 Å². The number of anilines is 1. The van der Waals surface area contributed by atoms with E-state index in [2.05, 4.69) is 5.32 Å². The summed E-state index contributed by atoms with van der Waals surface area (Å²) in [6, 6.07) is 3.86. The van der Waals surface area contributed by atoms with E-state index in [9.17, 15) is 9.18 Å². The largest absolute Gasteiger partial charge is 0.374 e. The number of ether oxygens (including phenoxy) is 1. The molecule has 0 bridgehead atoms. The Morgan fingerprint density at radius 3 is 3.00 bits per heavy atom. The molecule has 5 nitrogen and oxygen atoms in total. The number of nitrogens with one attached hydrogen (secondary N) is 1. The van der Waals surface area contributed by atoms with E-state index < -0.39 is 5.82 Å². The van der Waals surface area contributed by atoms with Crippen molar-refractivity contribution in [2.75, 3.05) is 38.1 Å². The van der Waals surface area contributed by atoms with E-state index >= 15 is 0 Å². The van der Waals surface area contributed by atoms with E-state index in [4.69, 9.17) is 22.1 Å². The van der Waals surface area contributed by atoms with Crippen LogP contribution in [-0.4, -0.2) is 49.7 Å². The highest BCUT2D eigenvalue weighted by Gasteiger charge is 2.21. The summed E-state index contributed by atoms with van der Waals surface area (Å²) in [5.41, 5.74) is 5.95. The predicted molar refractivity (Wildman–Crippen MR) is 82.5 cm³/mol. The Balaban J connectivity index is 0.00000220. The molecule has 2 rings (SSSR count). The summed E-state index contributed by atoms with van der Waals surface area (Å²) >= 11 is 5.86. The van der Waals surface area contributed by atoms with Crippen molar-refractivity contribution in [1.29, 1.82) is 0 Å². The quantitative estimate of drug-likeness (QED) is 0.873. The van der Waals surface area contributed by atoms with E-state index in [-0.39, 0.29) is 36.0 Å². The minimum Gasteiger partial charge on any atom is -0.374 e. The summed E-state index contributed by atoms with van der Waals surface area (Å²) in [4.78, 5) is 13.9. The van der Waals surface area contributed by atoms with Gasteiger partial charge in [-0.25, -0.2) is 4.39 Å². The first-order valence-corrected chi connectivity index (χ1v) is 6.75. The maximum Gasteiger partial charge on any atom is 0.238 e. The molecule has 0 radical (unpaired) electrons. The number of benzene rings is 1. The van der Waals surface area contributed by atoms with Crippen LogP contribution in [0.5, 0.6) is 0 Å². The van der Waals surface area contributed by atoms with Crippen LogP contribution in [0, 0.1) is 5.82 Å². The van der Waals surface area contributed by atoms with E-state index in [1.54, 1.807) is 0 Å². The highest BCUT2D eigenvalue weighted by Crippen LogP contribution is 2.22. The van der Waals surface area contributed by atoms with Crippen molar-refractivity contribution in [2.24, 2.45) is 5.73 Å². The zero-order chi connectivity index (χ0) is 14.5. The highest BCUT2D eigenvalue weighted by atomic mass is 35.5. The van der Waals surface area contributed by atoms with Crippen molar-refractivity contribution in [3.63, 3.8) is 0 Å². The van der Waals surface area contributed by atoms with Gasteiger partial charge in [0.25, 0.3) is 0 Å². The van der Waals surface area contributed by atoms with Gasteiger partial charge in [-0.05, 0) is 18.2 Å². The molecule has 1 amide bonds. The Bertz CT molecular complexity index is 490. The summed E-state index contributed by atoms with van der Waals surface area (Å²) in [6.07, 6.45) is -0.0361. The van der Waals surface area contributed by atoms with E-state index in [0.717, 1.165) is 6.07 Å². The maximum absolute atomic E-state index is 12.9. The molecule has 1 heterocycles. The number of morpholine rings is 1. The van der Waals surface area contributed by atoms with Crippen molar-refractivity contribution in [1.82, 2.24) is 4.90 Å². The Morgan fingerprint density at radius 2 is 2.33 bits per heavy atom. The molecular formula is C13H18Cl2FN3O2. The fourth-order valence-corrected chi connectivity index (χ4v) is 2.26. The first kappa shape index (κ1) is 18.1. The van der Waals surface area contributed by atoms with Crippen LogP contribution in [0.3, 0.4) is 0 Å². The second-order valence-corrected chi connectivity index (χ2v) is 5.04. The van der Waals surface area contributed by atoms with Gasteiger partial charge in [0, 0.05) is 19.6 Å². The molecule has 1 atom stereocenters. The molecule has 21 heavy (non-hydrogen) atoms. The minimum atomic E-state index is -0.438. The van der Waals surface area contributed by atoms with Crippen LogP contribution in [0.15, 0.2) is 18.2 Å². The number of carbonyl (C=O) groups excluding carboxylic acids is 1. The molecule has 1 aromatic carbocycles. The van der Waals surface area contributed by atoms with Crippen molar-refractivity contribution in [3.8, 4) is 0 Å². The second-order valence-electron chi connectivity index (χ2n) is 4.64. The first-order chi connectivity index (χ1) is 9.58. The Kier molecular flexibility index (Phi) is 7.34. The van der Waals surface area contributed by atoms with E-state index in [1.807, 2.05) is 4.90 Å². The second kappa shape index (κ2) is 8.51. The van der Waals surface area contributed by atoms with Gasteiger partial charge in [0.05, 0.1) is 30.0 Å². The molecule has 1 aromatic rings. The molecule has 1 saturated heterocycles. The van der Waals surface area contributed by atoms with Crippen LogP contribution in [0.4, 0.5) is 10.1 Å². The lowest BCUT2D eigenvalue weighted by molar-refractivity contribution is -0.119. The first-order valence-electron chi connectivity index (χ1n) is 6.37. The van der Waals surface area contributed by atoms with Crippen LogP contribution >= 0.6 is 24.0 Å². The smallest absolute Gasteiger partial charge is 0.238 e. The van der Waals surface area contributed by atoms with Gasteiger partial charge in [-0.3, -0.25) is 9.69 Å². The van der Waals surface area contributed by atoms with E-state index in [1.165, 1.54) is 12.1 Å². The minimum absolute atomic E-state index is 0. The summed E-state index contributed by atoms with van der Waals surface area (Å²) < 4.78 is 18.3. The summed E-state index contributed by atoms with van der Waals surface area (Å²) in [6.45, 7) is 2.53. The normalized spacial score (nSPS) is 18.9. The zero-order valence-corrected chi connectivity index (χ0v) is 12.9. The molecule has 8 heteroatoms. The molecule has 0 spiro atoms. The predicted octanol–water partition coefficient (Wildman–Crippen LogP) is 1.50. The summed E-state index contributed by atoms with van der Waals surface area (Å²) in [5, 5.41) is 2.85. The van der Waals surface area contributed by atoms with Crippen LogP contribution in [0.2, 0.25) is 5.02 Å². The van der Waals surface area contributed by atoms with Crippen molar-refractivity contribution in [3.05, 3.63) is 29.0 Å². The lowest BCUT2D eigenvalue weighted by Crippen LogP contribution is -2.48. The maximum atomic E-state index is 12.9. The number of halogens is 3. The topological polar surface area (TPSA) is 67.6 Å². The number of hydrogen-bond acceptors (Lipinski definition) is 4. The Morgan fingerprint density at radius 1 is 1.57 bits per heavy atom. The van der Waals surface area contributed by atoms with Crippen LogP contribution < -0.4 is 11.1 Å². The summed E-state index contributed by atoms with van der Waals surface area (Å²) in [5.74, 6) is -0.636. The van der Waals surface area contributed by atoms with Gasteiger partial charge < -0.3 is 15.8 Å². The van der Waals surface area contributed by atoms with Crippen LogP contribution in [0.25, 0.3) is 0 Å². The molecule has 0 aliphatic carbocycles. The highest BCUT2D eigenvalue weighted by molar-refractivity contribution is 6.33. The van der Waals surface area contributed by atoms with Gasteiger partial charge in [-0.1, -0.05) is 11.6 Å². The average Bonchev–Trinajstić information content (AvgIpc) is 2.42. The molecule has 0 aromatic heterocycles. The Hall–Kier alpha value is -0.920. The van der Waals surface area contributed by atoms with Gasteiger partial charge in [0.15, 0.2) is 0 Å². The number of amides is 1. The molecule has 0 saturated carbocycles. The number of nitrogens with two attached hydrogens (primary N) is 1. The standard InChI is InChI=1S/C13H17ClFN3O2.ClH/c14-11-5-9(15)1-2-12(11)17-13(19)8-18-3-4-20-10(6-16)7-18;/h1-2,5,10H,3-4,6-8,16H2,(H,17,19);1H. The van der Waals surface area contributed by atoms with Gasteiger partial charge >= 0.3 is 0 Å². The number of carbonyl (C=O) groups is 1. The van der Waals surface area contributed by atoms with Crippen molar-refractivity contribution < 1.29 is 13.9 Å². The molecule has 1 fully saturated rings.